The van der Waals surface area contributed by atoms with Crippen molar-refractivity contribution in [1.82, 2.24) is 5.32 Å². The predicted octanol–water partition coefficient (Wildman–Crippen LogP) is 0.934. The number of piperidine rings is 1. The number of hydrogen-bond acceptors (Lipinski definition) is 3. The van der Waals surface area contributed by atoms with Crippen LogP contribution in [0.1, 0.15) is 25.7 Å². The molecule has 0 bridgehead atoms. The summed E-state index contributed by atoms with van der Waals surface area (Å²) in [6.45, 7) is 3.69. The van der Waals surface area contributed by atoms with Gasteiger partial charge in [0.05, 0.1) is 13.2 Å². The van der Waals surface area contributed by atoms with Gasteiger partial charge in [-0.2, -0.15) is 0 Å². The monoisotopic (exact) mass is 185 g/mol. The maximum atomic E-state index is 5.62. The zero-order chi connectivity index (χ0) is 8.93. The average Bonchev–Trinajstić information content (AvgIpc) is 2.11. The lowest BCUT2D eigenvalue weighted by atomic mass is 10.0. The molecule has 0 aromatic rings. The van der Waals surface area contributed by atoms with Crippen LogP contribution in [-0.4, -0.2) is 38.5 Å². The third kappa shape index (κ3) is 2.93. The van der Waals surface area contributed by atoms with Gasteiger partial charge in [0, 0.05) is 12.6 Å². The molecular weight excluding hydrogens is 166 g/mol. The molecule has 0 aromatic carbocycles. The number of hydrogen-bond donors (Lipinski definition) is 1. The van der Waals surface area contributed by atoms with Crippen molar-refractivity contribution in [3.63, 3.8) is 0 Å². The van der Waals surface area contributed by atoms with Crippen molar-refractivity contribution in [1.29, 1.82) is 0 Å². The Bertz CT molecular complexity index is 142. The number of rotatable bonds is 4. The Labute approximate surface area is 79.8 Å². The average molecular weight is 185 g/mol. The van der Waals surface area contributed by atoms with Gasteiger partial charge in [-0.1, -0.05) is 6.42 Å². The van der Waals surface area contributed by atoms with Gasteiger partial charge < -0.3 is 14.8 Å². The lowest BCUT2D eigenvalue weighted by molar-refractivity contribution is -0.130. The summed E-state index contributed by atoms with van der Waals surface area (Å²) in [6.07, 6.45) is 5.60. The highest BCUT2D eigenvalue weighted by Gasteiger charge is 2.19. The molecule has 2 aliphatic rings. The fraction of sp³-hybridized carbons (Fsp3) is 1.00. The zero-order valence-corrected chi connectivity index (χ0v) is 8.13. The molecule has 3 heteroatoms. The summed E-state index contributed by atoms with van der Waals surface area (Å²) < 4.78 is 10.7. The second-order valence-electron chi connectivity index (χ2n) is 3.97. The van der Waals surface area contributed by atoms with Crippen molar-refractivity contribution >= 4 is 0 Å². The van der Waals surface area contributed by atoms with Crippen LogP contribution in [0.4, 0.5) is 0 Å². The molecule has 0 spiro atoms. The van der Waals surface area contributed by atoms with E-state index >= 15 is 0 Å². The maximum absolute atomic E-state index is 5.62. The first kappa shape index (κ1) is 9.44. The van der Waals surface area contributed by atoms with Crippen LogP contribution in [0.15, 0.2) is 0 Å². The van der Waals surface area contributed by atoms with Crippen LogP contribution in [-0.2, 0) is 9.47 Å². The summed E-state index contributed by atoms with van der Waals surface area (Å²) >= 11 is 0. The molecule has 3 nitrogen and oxygen atoms in total. The Hall–Kier alpha value is -0.120. The highest BCUT2D eigenvalue weighted by molar-refractivity contribution is 4.72. The first-order valence-corrected chi connectivity index (χ1v) is 5.38. The summed E-state index contributed by atoms with van der Waals surface area (Å²) in [4.78, 5) is 0. The number of nitrogens with one attached hydrogen (secondary N) is 1. The molecule has 1 N–H and O–H groups in total. The molecule has 2 aliphatic heterocycles. The molecule has 2 heterocycles. The maximum Gasteiger partial charge on any atom is 0.104 e. The van der Waals surface area contributed by atoms with E-state index in [9.17, 15) is 0 Å². The first-order valence-electron chi connectivity index (χ1n) is 5.38. The molecule has 0 amide bonds. The third-order valence-corrected chi connectivity index (χ3v) is 2.84. The number of ether oxygens (including phenoxy) is 2. The van der Waals surface area contributed by atoms with Gasteiger partial charge in [-0.05, 0) is 25.8 Å². The molecule has 0 aliphatic carbocycles. The van der Waals surface area contributed by atoms with E-state index in [0.29, 0.717) is 12.1 Å². The minimum atomic E-state index is 0.392. The van der Waals surface area contributed by atoms with Crippen LogP contribution < -0.4 is 5.32 Å². The van der Waals surface area contributed by atoms with Gasteiger partial charge in [-0.25, -0.2) is 0 Å². The Morgan fingerprint density at radius 1 is 1.31 bits per heavy atom. The largest absolute Gasteiger partial charge is 0.376 e. The quantitative estimate of drug-likeness (QED) is 0.707. The molecule has 13 heavy (non-hydrogen) atoms. The van der Waals surface area contributed by atoms with Gasteiger partial charge in [0.1, 0.15) is 6.10 Å². The molecule has 1 unspecified atom stereocenters. The van der Waals surface area contributed by atoms with Crippen molar-refractivity contribution in [3.05, 3.63) is 0 Å². The van der Waals surface area contributed by atoms with Crippen molar-refractivity contribution < 1.29 is 9.47 Å². The van der Waals surface area contributed by atoms with Gasteiger partial charge in [0.15, 0.2) is 0 Å². The highest BCUT2D eigenvalue weighted by Crippen LogP contribution is 2.11. The van der Waals surface area contributed by atoms with E-state index in [2.05, 4.69) is 5.32 Å². The zero-order valence-electron chi connectivity index (χ0n) is 8.13. The van der Waals surface area contributed by atoms with E-state index in [-0.39, 0.29) is 0 Å². The molecule has 2 fully saturated rings. The predicted molar refractivity (Wildman–Crippen MR) is 50.8 cm³/mol. The molecule has 0 radical (unpaired) electrons. The molecule has 2 rings (SSSR count). The van der Waals surface area contributed by atoms with Crippen LogP contribution in [0.25, 0.3) is 0 Å². The van der Waals surface area contributed by atoms with E-state index in [0.717, 1.165) is 26.2 Å². The normalized spacial score (nSPS) is 30.0. The van der Waals surface area contributed by atoms with Crippen molar-refractivity contribution in [2.75, 3.05) is 26.4 Å². The Balaban J connectivity index is 1.50. The van der Waals surface area contributed by atoms with Crippen LogP contribution in [0, 0.1) is 0 Å². The minimum absolute atomic E-state index is 0.392. The fourth-order valence-electron chi connectivity index (χ4n) is 1.86. The smallest absolute Gasteiger partial charge is 0.104 e. The van der Waals surface area contributed by atoms with Crippen molar-refractivity contribution in [3.8, 4) is 0 Å². The van der Waals surface area contributed by atoms with E-state index < -0.39 is 0 Å². The van der Waals surface area contributed by atoms with E-state index in [4.69, 9.17) is 9.47 Å². The lowest BCUT2D eigenvalue weighted by Crippen LogP contribution is -2.39. The van der Waals surface area contributed by atoms with Gasteiger partial charge >= 0.3 is 0 Å². The summed E-state index contributed by atoms with van der Waals surface area (Å²) in [5.74, 6) is 0. The van der Waals surface area contributed by atoms with Gasteiger partial charge in [0.25, 0.3) is 0 Å². The van der Waals surface area contributed by atoms with E-state index in [1.54, 1.807) is 0 Å². The van der Waals surface area contributed by atoms with Gasteiger partial charge in [-0.15, -0.1) is 0 Å². The standard InChI is InChI=1S/C10H19NO2/c1-2-5-11-9(3-1)4-6-13-10-7-12-8-10/h9-11H,1-8H2. The minimum Gasteiger partial charge on any atom is -0.376 e. The second kappa shape index (κ2) is 4.94. The lowest BCUT2D eigenvalue weighted by Gasteiger charge is -2.28. The summed E-state index contributed by atoms with van der Waals surface area (Å²) in [5, 5.41) is 3.52. The topological polar surface area (TPSA) is 30.5 Å². The fourth-order valence-corrected chi connectivity index (χ4v) is 1.86. The summed E-state index contributed by atoms with van der Waals surface area (Å²) in [6, 6.07) is 0.703. The van der Waals surface area contributed by atoms with Crippen LogP contribution in [0.2, 0.25) is 0 Å². The summed E-state index contributed by atoms with van der Waals surface area (Å²) in [7, 11) is 0. The highest BCUT2D eigenvalue weighted by atomic mass is 16.6. The third-order valence-electron chi connectivity index (χ3n) is 2.84. The molecule has 2 saturated heterocycles. The van der Waals surface area contributed by atoms with Crippen molar-refractivity contribution in [2.24, 2.45) is 0 Å². The second-order valence-corrected chi connectivity index (χ2v) is 3.97. The van der Waals surface area contributed by atoms with Crippen molar-refractivity contribution in [2.45, 2.75) is 37.8 Å². The first-order chi connectivity index (χ1) is 6.45. The Morgan fingerprint density at radius 3 is 2.85 bits per heavy atom. The molecule has 76 valence electrons. The van der Waals surface area contributed by atoms with E-state index in [1.807, 2.05) is 0 Å². The molecule has 0 saturated carbocycles. The van der Waals surface area contributed by atoms with Crippen LogP contribution >= 0.6 is 0 Å². The molecular formula is C10H19NO2. The van der Waals surface area contributed by atoms with Gasteiger partial charge in [0.2, 0.25) is 0 Å². The Morgan fingerprint density at radius 2 is 2.23 bits per heavy atom. The molecule has 1 atom stereocenters. The van der Waals surface area contributed by atoms with Gasteiger partial charge in [-0.3, -0.25) is 0 Å². The van der Waals surface area contributed by atoms with E-state index in [1.165, 1.54) is 25.8 Å². The van der Waals surface area contributed by atoms with Crippen LogP contribution in [0.5, 0.6) is 0 Å². The Kier molecular flexibility index (Phi) is 3.58. The summed E-state index contributed by atoms with van der Waals surface area (Å²) in [5.41, 5.74) is 0. The SMILES string of the molecule is C1CCC(CCOC2COC2)NC1. The molecule has 0 aromatic heterocycles. The van der Waals surface area contributed by atoms with Crippen LogP contribution in [0.3, 0.4) is 0 Å².